The van der Waals surface area contributed by atoms with Gasteiger partial charge in [-0.3, -0.25) is 9.59 Å². The molecule has 3 aromatic rings. The van der Waals surface area contributed by atoms with E-state index in [2.05, 4.69) is 0 Å². The van der Waals surface area contributed by atoms with Crippen LogP contribution in [0.3, 0.4) is 0 Å². The normalized spacial score (nSPS) is 17.0. The molecule has 0 bridgehead atoms. The van der Waals surface area contributed by atoms with E-state index in [-0.39, 0.29) is 35.0 Å². The van der Waals surface area contributed by atoms with E-state index in [1.807, 2.05) is 0 Å². The zero-order chi connectivity index (χ0) is 20.2. The van der Waals surface area contributed by atoms with Gasteiger partial charge in [-0.25, -0.2) is 0 Å². The Kier molecular flexibility index (Phi) is 4.23. The average Bonchev–Trinajstić information content (AvgIpc) is 2.65. The second kappa shape index (κ2) is 6.38. The zero-order valence-electron chi connectivity index (χ0n) is 14.3. The Morgan fingerprint density at radius 2 is 1.71 bits per heavy atom. The van der Waals surface area contributed by atoms with Gasteiger partial charge in [-0.2, -0.15) is 17.9 Å². The summed E-state index contributed by atoms with van der Waals surface area (Å²) in [5.41, 5.74) is -0.472. The number of rotatable bonds is 1. The van der Waals surface area contributed by atoms with Crippen LogP contribution >= 0.6 is 11.6 Å². The maximum Gasteiger partial charge on any atom is 0.416 e. The molecule has 1 aromatic heterocycles. The highest BCUT2D eigenvalue weighted by atomic mass is 35.5. The average molecular weight is 408 g/mol. The lowest BCUT2D eigenvalue weighted by atomic mass is 9.81. The minimum atomic E-state index is -4.45. The van der Waals surface area contributed by atoms with Crippen molar-refractivity contribution in [2.45, 2.75) is 24.9 Å². The third-order valence-corrected chi connectivity index (χ3v) is 5.30. The first kappa shape index (κ1) is 18.6. The number of fused-ring (bicyclic) bond motifs is 2. The molecule has 0 saturated carbocycles. The molecule has 0 amide bonds. The van der Waals surface area contributed by atoms with Crippen LogP contribution in [0.1, 0.15) is 39.5 Å². The SMILES string of the molecule is O=C1C[C@H](c2ccc(C(F)(F)F)cc2)Cc2c1c(=O)c1cc(Cl)ccc1n2O. The zero-order valence-corrected chi connectivity index (χ0v) is 15.0. The summed E-state index contributed by atoms with van der Waals surface area (Å²) >= 11 is 5.92. The van der Waals surface area contributed by atoms with E-state index in [0.717, 1.165) is 16.9 Å². The Bertz CT molecular complexity index is 1170. The van der Waals surface area contributed by atoms with Crippen molar-refractivity contribution in [3.8, 4) is 0 Å². The highest BCUT2D eigenvalue weighted by Gasteiger charge is 2.33. The van der Waals surface area contributed by atoms with E-state index in [4.69, 9.17) is 11.6 Å². The number of carbonyl (C=O) groups is 1. The first-order chi connectivity index (χ1) is 13.2. The van der Waals surface area contributed by atoms with Gasteiger partial charge in [0.05, 0.1) is 27.7 Å². The van der Waals surface area contributed by atoms with Crippen molar-refractivity contribution in [1.29, 1.82) is 0 Å². The fourth-order valence-corrected chi connectivity index (χ4v) is 3.85. The largest absolute Gasteiger partial charge is 0.428 e. The van der Waals surface area contributed by atoms with E-state index < -0.39 is 28.9 Å². The van der Waals surface area contributed by atoms with Gasteiger partial charge < -0.3 is 5.21 Å². The Labute approximate surface area is 161 Å². The quantitative estimate of drug-likeness (QED) is 0.588. The van der Waals surface area contributed by atoms with Crippen molar-refractivity contribution in [3.63, 3.8) is 0 Å². The number of pyridine rings is 1. The van der Waals surface area contributed by atoms with E-state index >= 15 is 0 Å². The van der Waals surface area contributed by atoms with Crippen molar-refractivity contribution in [2.24, 2.45) is 0 Å². The predicted molar refractivity (Wildman–Crippen MR) is 97.2 cm³/mol. The minimum absolute atomic E-state index is 0.0281. The van der Waals surface area contributed by atoms with Gasteiger partial charge in [0.2, 0.25) is 5.43 Å². The molecule has 4 rings (SSSR count). The highest BCUT2D eigenvalue weighted by Crippen LogP contribution is 2.35. The number of carbonyl (C=O) groups excluding carboxylic acids is 1. The van der Waals surface area contributed by atoms with E-state index in [1.54, 1.807) is 0 Å². The van der Waals surface area contributed by atoms with Crippen LogP contribution in [0.5, 0.6) is 0 Å². The standard InChI is InChI=1S/C20H13ClF3NO3/c21-13-5-6-15-14(9-13)19(27)18-16(25(15)28)7-11(8-17(18)26)10-1-3-12(4-2-10)20(22,23)24/h1-6,9,11,28H,7-8H2/t11-/m1/s1. The molecule has 1 aliphatic rings. The third-order valence-electron chi connectivity index (χ3n) is 5.06. The summed E-state index contributed by atoms with van der Waals surface area (Å²) < 4.78 is 39.1. The van der Waals surface area contributed by atoms with Gasteiger partial charge in [0, 0.05) is 11.4 Å². The predicted octanol–water partition coefficient (Wildman–Crippen LogP) is 4.82. The molecule has 0 saturated heterocycles. The molecular weight excluding hydrogens is 395 g/mol. The number of hydrogen-bond acceptors (Lipinski definition) is 3. The lowest BCUT2D eigenvalue weighted by molar-refractivity contribution is -0.137. The van der Waals surface area contributed by atoms with Crippen LogP contribution < -0.4 is 5.43 Å². The van der Waals surface area contributed by atoms with Crippen LogP contribution in [0.15, 0.2) is 47.3 Å². The first-order valence-corrected chi connectivity index (χ1v) is 8.81. The smallest absolute Gasteiger partial charge is 0.416 e. The van der Waals surface area contributed by atoms with Crippen LogP contribution in [-0.4, -0.2) is 15.7 Å². The number of ketones is 1. The lowest BCUT2D eigenvalue weighted by Gasteiger charge is -2.25. The number of alkyl halides is 3. The van der Waals surface area contributed by atoms with Gasteiger partial charge in [-0.1, -0.05) is 23.7 Å². The molecule has 8 heteroatoms. The molecule has 144 valence electrons. The number of benzene rings is 2. The molecule has 1 aliphatic carbocycles. The van der Waals surface area contributed by atoms with Crippen LogP contribution in [0.2, 0.25) is 5.02 Å². The van der Waals surface area contributed by atoms with Crippen molar-refractivity contribution in [1.82, 2.24) is 4.73 Å². The summed E-state index contributed by atoms with van der Waals surface area (Å²) in [6, 6.07) is 8.96. The first-order valence-electron chi connectivity index (χ1n) is 8.43. The fourth-order valence-electron chi connectivity index (χ4n) is 3.68. The topological polar surface area (TPSA) is 59.3 Å². The van der Waals surface area contributed by atoms with E-state index in [0.29, 0.717) is 10.6 Å². The molecule has 1 heterocycles. The molecule has 0 aliphatic heterocycles. The molecule has 2 aromatic carbocycles. The van der Waals surface area contributed by atoms with Crippen LogP contribution in [0, 0.1) is 0 Å². The lowest BCUT2D eigenvalue weighted by Crippen LogP contribution is -2.30. The van der Waals surface area contributed by atoms with Crippen LogP contribution in [0.25, 0.3) is 10.9 Å². The Morgan fingerprint density at radius 3 is 2.36 bits per heavy atom. The second-order valence-corrected chi connectivity index (χ2v) is 7.21. The summed E-state index contributed by atoms with van der Waals surface area (Å²) in [5, 5.41) is 11.0. The summed E-state index contributed by atoms with van der Waals surface area (Å²) in [4.78, 5) is 25.4. The summed E-state index contributed by atoms with van der Waals surface area (Å²) in [6.07, 6.45) is -4.32. The number of halogens is 4. The number of aromatic nitrogens is 1. The van der Waals surface area contributed by atoms with Gasteiger partial charge in [-0.05, 0) is 48.2 Å². The van der Waals surface area contributed by atoms with Crippen molar-refractivity contribution in [3.05, 3.63) is 80.1 Å². The number of nitrogens with zero attached hydrogens (tertiary/aromatic N) is 1. The van der Waals surface area contributed by atoms with Crippen molar-refractivity contribution >= 4 is 28.3 Å². The Balaban J connectivity index is 1.80. The van der Waals surface area contributed by atoms with Crippen molar-refractivity contribution < 1.29 is 23.2 Å². The van der Waals surface area contributed by atoms with E-state index in [9.17, 15) is 28.0 Å². The summed E-state index contributed by atoms with van der Waals surface area (Å²) in [6.45, 7) is 0. The van der Waals surface area contributed by atoms with Gasteiger partial charge >= 0.3 is 6.18 Å². The monoisotopic (exact) mass is 407 g/mol. The van der Waals surface area contributed by atoms with Crippen molar-refractivity contribution in [2.75, 3.05) is 0 Å². The van der Waals surface area contributed by atoms with Gasteiger partial charge in [0.15, 0.2) is 5.78 Å². The van der Waals surface area contributed by atoms with Crippen LogP contribution in [-0.2, 0) is 12.6 Å². The second-order valence-electron chi connectivity index (χ2n) is 6.77. The molecule has 28 heavy (non-hydrogen) atoms. The molecule has 4 nitrogen and oxygen atoms in total. The number of hydrogen-bond donors (Lipinski definition) is 1. The third kappa shape index (κ3) is 2.96. The van der Waals surface area contributed by atoms with Gasteiger partial charge in [-0.15, -0.1) is 0 Å². The van der Waals surface area contributed by atoms with Gasteiger partial charge in [0.1, 0.15) is 0 Å². The minimum Gasteiger partial charge on any atom is -0.428 e. The fraction of sp³-hybridized carbons (Fsp3) is 0.200. The molecule has 0 spiro atoms. The molecule has 0 radical (unpaired) electrons. The highest BCUT2D eigenvalue weighted by molar-refractivity contribution is 6.31. The van der Waals surface area contributed by atoms with Crippen LogP contribution in [0.4, 0.5) is 13.2 Å². The summed E-state index contributed by atoms with van der Waals surface area (Å²) in [7, 11) is 0. The number of Topliss-reactive ketones (excluding diaryl/α,β-unsaturated/α-hetero) is 1. The summed E-state index contributed by atoms with van der Waals surface area (Å²) in [5.74, 6) is -0.898. The maximum absolute atomic E-state index is 12.8. The molecule has 1 atom stereocenters. The van der Waals surface area contributed by atoms with Gasteiger partial charge in [0.25, 0.3) is 0 Å². The van der Waals surface area contributed by atoms with E-state index in [1.165, 1.54) is 30.3 Å². The maximum atomic E-state index is 12.8. The molecule has 1 N–H and O–H groups in total. The Hall–Kier alpha value is -2.80. The Morgan fingerprint density at radius 1 is 1.04 bits per heavy atom. The molecule has 0 fully saturated rings. The molecular formula is C20H13ClF3NO3. The molecule has 0 unspecified atom stereocenters.